The van der Waals surface area contributed by atoms with Gasteiger partial charge in [-0.2, -0.15) is 0 Å². The van der Waals surface area contributed by atoms with Crippen LogP contribution < -0.4 is 15.4 Å². The van der Waals surface area contributed by atoms with Crippen molar-refractivity contribution in [2.45, 2.75) is 44.6 Å². The number of carbonyl (C=O) groups excluding carboxylic acids is 2. The first-order valence-electron chi connectivity index (χ1n) is 9.53. The van der Waals surface area contributed by atoms with Crippen molar-refractivity contribution in [3.63, 3.8) is 0 Å². The number of carboxylic acids is 1. The SMILES string of the molecule is O=C(COc1ccc(CCNC(=O)[C@H]2CC[C@@H](C(=O)O)C2)cc1)NC1CC1. The van der Waals surface area contributed by atoms with Gasteiger partial charge in [0, 0.05) is 18.5 Å². The molecule has 7 heteroatoms. The van der Waals surface area contributed by atoms with E-state index < -0.39 is 5.97 Å². The summed E-state index contributed by atoms with van der Waals surface area (Å²) in [7, 11) is 0. The molecule has 2 amide bonds. The molecule has 146 valence electrons. The Balaban J connectivity index is 1.34. The maximum atomic E-state index is 12.1. The van der Waals surface area contributed by atoms with Crippen LogP contribution in [0.2, 0.25) is 0 Å². The second kappa shape index (κ2) is 8.88. The van der Waals surface area contributed by atoms with Crippen LogP contribution >= 0.6 is 0 Å². The molecule has 0 radical (unpaired) electrons. The van der Waals surface area contributed by atoms with E-state index in [2.05, 4.69) is 10.6 Å². The van der Waals surface area contributed by atoms with E-state index in [0.29, 0.717) is 44.0 Å². The highest BCUT2D eigenvalue weighted by molar-refractivity contribution is 5.80. The summed E-state index contributed by atoms with van der Waals surface area (Å²) in [5.74, 6) is -0.901. The minimum absolute atomic E-state index is 0.0185. The molecule has 2 atom stereocenters. The van der Waals surface area contributed by atoms with E-state index in [-0.39, 0.29) is 30.3 Å². The molecule has 1 aromatic carbocycles. The number of carbonyl (C=O) groups is 3. The van der Waals surface area contributed by atoms with Gasteiger partial charge in [0.2, 0.25) is 5.91 Å². The van der Waals surface area contributed by atoms with Crippen LogP contribution in [0.15, 0.2) is 24.3 Å². The molecule has 2 aliphatic rings. The fraction of sp³-hybridized carbons (Fsp3) is 0.550. The van der Waals surface area contributed by atoms with Crippen LogP contribution in [0.25, 0.3) is 0 Å². The summed E-state index contributed by atoms with van der Waals surface area (Å²) < 4.78 is 5.46. The Bertz CT molecular complexity index is 684. The Morgan fingerprint density at radius 1 is 1.04 bits per heavy atom. The molecule has 2 aliphatic carbocycles. The molecule has 3 N–H and O–H groups in total. The van der Waals surface area contributed by atoms with Gasteiger partial charge in [0.1, 0.15) is 5.75 Å². The van der Waals surface area contributed by atoms with Crippen molar-refractivity contribution >= 4 is 17.8 Å². The first-order valence-corrected chi connectivity index (χ1v) is 9.53. The highest BCUT2D eigenvalue weighted by Crippen LogP contribution is 2.31. The zero-order valence-corrected chi connectivity index (χ0v) is 15.3. The minimum Gasteiger partial charge on any atom is -0.484 e. The number of hydrogen-bond acceptors (Lipinski definition) is 4. The molecule has 0 unspecified atom stereocenters. The standard InChI is InChI=1S/C20H26N2O5/c23-18(22-16-5-6-16)12-27-17-7-1-13(2-8-17)9-10-21-19(24)14-3-4-15(11-14)20(25)26/h1-2,7-8,14-16H,3-6,9-12H2,(H,21,24)(H,22,23)(H,25,26)/t14-,15+/m0/s1. The maximum Gasteiger partial charge on any atom is 0.306 e. The number of carboxylic acid groups (broad SMARTS) is 1. The molecule has 0 aromatic heterocycles. The fourth-order valence-electron chi connectivity index (χ4n) is 3.32. The summed E-state index contributed by atoms with van der Waals surface area (Å²) in [5.41, 5.74) is 1.06. The summed E-state index contributed by atoms with van der Waals surface area (Å²) in [5, 5.41) is 14.8. The first-order chi connectivity index (χ1) is 13.0. The minimum atomic E-state index is -0.808. The van der Waals surface area contributed by atoms with E-state index in [1.807, 2.05) is 24.3 Å². The van der Waals surface area contributed by atoms with Crippen molar-refractivity contribution in [2.75, 3.05) is 13.2 Å². The van der Waals surface area contributed by atoms with Gasteiger partial charge >= 0.3 is 5.97 Å². The van der Waals surface area contributed by atoms with Crippen molar-refractivity contribution in [1.82, 2.24) is 10.6 Å². The van der Waals surface area contributed by atoms with Crippen molar-refractivity contribution in [2.24, 2.45) is 11.8 Å². The van der Waals surface area contributed by atoms with Gasteiger partial charge in [0.25, 0.3) is 5.91 Å². The molecule has 0 saturated heterocycles. The van der Waals surface area contributed by atoms with Gasteiger partial charge in [0.15, 0.2) is 6.61 Å². The molecule has 7 nitrogen and oxygen atoms in total. The molecule has 0 bridgehead atoms. The maximum absolute atomic E-state index is 12.1. The van der Waals surface area contributed by atoms with E-state index in [9.17, 15) is 14.4 Å². The van der Waals surface area contributed by atoms with Gasteiger partial charge in [-0.15, -0.1) is 0 Å². The largest absolute Gasteiger partial charge is 0.484 e. The average Bonchev–Trinajstić information content (AvgIpc) is 3.31. The lowest BCUT2D eigenvalue weighted by Crippen LogP contribution is -2.31. The Labute approximate surface area is 158 Å². The van der Waals surface area contributed by atoms with Crippen molar-refractivity contribution in [3.8, 4) is 5.75 Å². The third kappa shape index (κ3) is 5.98. The first kappa shape index (κ1) is 19.2. The summed E-state index contributed by atoms with van der Waals surface area (Å²) in [6.07, 6.45) is 4.44. The number of rotatable bonds is 9. The van der Waals surface area contributed by atoms with E-state index in [4.69, 9.17) is 9.84 Å². The smallest absolute Gasteiger partial charge is 0.306 e. The van der Waals surface area contributed by atoms with Crippen LogP contribution in [-0.2, 0) is 20.8 Å². The van der Waals surface area contributed by atoms with Crippen molar-refractivity contribution in [3.05, 3.63) is 29.8 Å². The zero-order chi connectivity index (χ0) is 19.2. The lowest BCUT2D eigenvalue weighted by atomic mass is 10.0. The molecular weight excluding hydrogens is 348 g/mol. The molecule has 2 saturated carbocycles. The Hall–Kier alpha value is -2.57. The average molecular weight is 374 g/mol. The van der Waals surface area contributed by atoms with Gasteiger partial charge in [-0.1, -0.05) is 12.1 Å². The molecule has 27 heavy (non-hydrogen) atoms. The number of benzene rings is 1. The predicted octanol–water partition coefficient (Wildman–Crippen LogP) is 1.50. The van der Waals surface area contributed by atoms with Crippen molar-refractivity contribution < 1.29 is 24.2 Å². The third-order valence-corrected chi connectivity index (χ3v) is 5.10. The van der Waals surface area contributed by atoms with Crippen LogP contribution in [0.1, 0.15) is 37.7 Å². The fourth-order valence-corrected chi connectivity index (χ4v) is 3.32. The monoisotopic (exact) mass is 374 g/mol. The lowest BCUT2D eigenvalue weighted by Gasteiger charge is -2.11. The predicted molar refractivity (Wildman–Crippen MR) is 98.3 cm³/mol. The molecule has 1 aromatic rings. The molecule has 0 aliphatic heterocycles. The summed E-state index contributed by atoms with van der Waals surface area (Å²) >= 11 is 0. The molecule has 0 spiro atoms. The molecular formula is C20H26N2O5. The van der Waals surface area contributed by atoms with Crippen LogP contribution in [0.5, 0.6) is 5.75 Å². The second-order valence-corrected chi connectivity index (χ2v) is 7.36. The highest BCUT2D eigenvalue weighted by Gasteiger charge is 2.33. The lowest BCUT2D eigenvalue weighted by molar-refractivity contribution is -0.141. The molecule has 0 heterocycles. The van der Waals surface area contributed by atoms with E-state index in [1.165, 1.54) is 0 Å². The summed E-state index contributed by atoms with van der Waals surface area (Å²) in [6.45, 7) is 0.529. The van der Waals surface area contributed by atoms with E-state index in [0.717, 1.165) is 18.4 Å². The van der Waals surface area contributed by atoms with Crippen LogP contribution in [0.3, 0.4) is 0 Å². The van der Waals surface area contributed by atoms with Gasteiger partial charge < -0.3 is 20.5 Å². The van der Waals surface area contributed by atoms with Gasteiger partial charge in [-0.05, 0) is 56.2 Å². The van der Waals surface area contributed by atoms with Crippen LogP contribution in [0, 0.1) is 11.8 Å². The Kier molecular flexibility index (Phi) is 6.32. The zero-order valence-electron chi connectivity index (χ0n) is 15.3. The Morgan fingerprint density at radius 2 is 1.74 bits per heavy atom. The summed E-state index contributed by atoms with van der Waals surface area (Å²) in [6, 6.07) is 7.79. The van der Waals surface area contributed by atoms with E-state index in [1.54, 1.807) is 0 Å². The topological polar surface area (TPSA) is 105 Å². The third-order valence-electron chi connectivity index (χ3n) is 5.10. The number of aliphatic carboxylic acids is 1. The number of amides is 2. The highest BCUT2D eigenvalue weighted by atomic mass is 16.5. The van der Waals surface area contributed by atoms with Gasteiger partial charge in [-0.3, -0.25) is 14.4 Å². The van der Waals surface area contributed by atoms with Gasteiger partial charge in [-0.25, -0.2) is 0 Å². The van der Waals surface area contributed by atoms with Crippen LogP contribution in [0.4, 0.5) is 0 Å². The number of ether oxygens (including phenoxy) is 1. The van der Waals surface area contributed by atoms with Gasteiger partial charge in [0.05, 0.1) is 5.92 Å². The summed E-state index contributed by atoms with van der Waals surface area (Å²) in [4.78, 5) is 34.7. The Morgan fingerprint density at radius 3 is 2.37 bits per heavy atom. The quantitative estimate of drug-likeness (QED) is 0.608. The number of hydrogen-bond donors (Lipinski definition) is 3. The van der Waals surface area contributed by atoms with E-state index >= 15 is 0 Å². The molecule has 3 rings (SSSR count). The van der Waals surface area contributed by atoms with Crippen LogP contribution in [-0.4, -0.2) is 42.1 Å². The normalized spacial score (nSPS) is 21.5. The second-order valence-electron chi connectivity index (χ2n) is 7.36. The number of nitrogens with one attached hydrogen (secondary N) is 2. The van der Waals surface area contributed by atoms with Crippen molar-refractivity contribution in [1.29, 1.82) is 0 Å². The molecule has 2 fully saturated rings.